The van der Waals surface area contributed by atoms with Crippen LogP contribution in [0.2, 0.25) is 0 Å². The van der Waals surface area contributed by atoms with E-state index in [2.05, 4.69) is 50.4 Å². The summed E-state index contributed by atoms with van der Waals surface area (Å²) in [5, 5.41) is 11.0. The van der Waals surface area contributed by atoms with Crippen molar-refractivity contribution in [3.05, 3.63) is 123 Å². The normalized spacial score (nSPS) is 18.7. The first-order chi connectivity index (χ1) is 36.8. The Hall–Kier alpha value is -6.90. The Kier molecular flexibility index (Phi) is 21.5. The molecule has 5 aliphatic rings. The van der Waals surface area contributed by atoms with Gasteiger partial charge in [-0.1, -0.05) is 6.92 Å². The van der Waals surface area contributed by atoms with Crippen LogP contribution in [0.4, 0.5) is 46.4 Å². The van der Waals surface area contributed by atoms with E-state index < -0.39 is 28.0 Å². The van der Waals surface area contributed by atoms with Crippen LogP contribution < -0.4 is 19.6 Å². The van der Waals surface area contributed by atoms with Crippen LogP contribution in [0.3, 0.4) is 0 Å². The summed E-state index contributed by atoms with van der Waals surface area (Å²) >= 11 is 0. The van der Waals surface area contributed by atoms with Gasteiger partial charge in [-0.3, -0.25) is 34.2 Å². The molecule has 5 saturated heterocycles. The van der Waals surface area contributed by atoms with E-state index in [0.29, 0.717) is 69.0 Å². The number of nitro benzene ring substituents is 1. The van der Waals surface area contributed by atoms with Crippen LogP contribution in [0.15, 0.2) is 72.8 Å². The van der Waals surface area contributed by atoms with Gasteiger partial charge >= 0.3 is 6.09 Å². The fourth-order valence-electron chi connectivity index (χ4n) is 9.82. The van der Waals surface area contributed by atoms with Gasteiger partial charge in [0.2, 0.25) is 0 Å². The maximum atomic E-state index is 13.7. The van der Waals surface area contributed by atoms with Gasteiger partial charge in [0.25, 0.3) is 5.69 Å². The highest BCUT2D eigenvalue weighted by molar-refractivity contribution is 5.83. The first-order valence-corrected chi connectivity index (χ1v) is 26.4. The van der Waals surface area contributed by atoms with E-state index in [9.17, 15) is 47.3 Å². The molecule has 0 spiro atoms. The lowest BCUT2D eigenvalue weighted by molar-refractivity contribution is -0.385. The zero-order valence-electron chi connectivity index (χ0n) is 45.3. The number of rotatable bonds is 10. The summed E-state index contributed by atoms with van der Waals surface area (Å²) in [6, 6.07) is 19.7. The molecule has 0 saturated carbocycles. The van der Waals surface area contributed by atoms with E-state index in [1.165, 1.54) is 62.3 Å². The first-order valence-electron chi connectivity index (χ1n) is 26.4. The van der Waals surface area contributed by atoms with E-state index in [-0.39, 0.29) is 34.0 Å². The summed E-state index contributed by atoms with van der Waals surface area (Å²) in [7, 11) is 4.26. The van der Waals surface area contributed by atoms with Gasteiger partial charge in [-0.2, -0.15) is 0 Å². The van der Waals surface area contributed by atoms with Crippen LogP contribution in [0.1, 0.15) is 88.4 Å². The fourth-order valence-corrected chi connectivity index (χ4v) is 9.82. The smallest absolute Gasteiger partial charge is 0.410 e. The van der Waals surface area contributed by atoms with E-state index in [1.807, 2.05) is 37.8 Å². The number of amides is 1. The molecule has 0 radical (unpaired) electrons. The van der Waals surface area contributed by atoms with Crippen LogP contribution in [-0.2, 0) is 4.74 Å². The molecular weight excluding hydrogens is 996 g/mol. The van der Waals surface area contributed by atoms with Gasteiger partial charge in [0, 0.05) is 126 Å². The Bertz CT molecular complexity index is 2640. The molecule has 0 aliphatic carbocycles. The molecule has 0 bridgehead atoms. The minimum absolute atomic E-state index is 0.0520. The van der Waals surface area contributed by atoms with Crippen molar-refractivity contribution in [3.8, 4) is 0 Å². The number of hydrogen-bond donors (Lipinski definition) is 0. The fraction of sp³-hybridized carbons (Fsp3) is 0.491. The molecule has 4 aromatic carbocycles. The van der Waals surface area contributed by atoms with E-state index in [1.54, 1.807) is 29.2 Å². The van der Waals surface area contributed by atoms with Crippen molar-refractivity contribution < 1.29 is 46.8 Å². The Labute approximate surface area is 450 Å². The molecule has 416 valence electrons. The number of carbonyl (C=O) groups excluding carboxylic acids is 5. The molecule has 5 fully saturated rings. The third-order valence-electron chi connectivity index (χ3n) is 14.5. The largest absolute Gasteiger partial charge is 0.444 e. The average Bonchev–Trinajstić information content (AvgIpc) is 3.87. The third-order valence-corrected chi connectivity index (χ3v) is 14.5. The standard InChI is InChI=1S/C17H24FN3O.C16H21N3O5.C12H15FN2O.C12H14FNO/c1-19-6-4-15(5-7-19)20-8-10-21(11-9-20)16-3-2-14(13-22)17(18)12-16;1-16(2,3)24-15(21)18-8-6-17(7-9-18)13-5-4-12(11-20)14(10-13)19(22)23;1-14-4-6-15(7-5-14)11-3-2-10(9-16)12(13)8-11;1-9-4-5-14(7-9)11-3-2-10(8-15)12(13)6-11/h2-3,12-13,15H,4-11H2,1H3;4-5,10-11H,6-9H2,1-3H3;2-3,8-9H,4-7H2,1H3;2-3,6,8-9H,4-5,7H2,1H3/t;;;9-/m...1/s1. The lowest BCUT2D eigenvalue weighted by Gasteiger charge is -2.42. The van der Waals surface area contributed by atoms with Crippen LogP contribution in [0, 0.1) is 33.5 Å². The van der Waals surface area contributed by atoms with Gasteiger partial charge in [-0.15, -0.1) is 0 Å². The van der Waals surface area contributed by atoms with E-state index in [0.717, 1.165) is 88.9 Å². The van der Waals surface area contributed by atoms with Gasteiger partial charge in [-0.05, 0) is 140 Å². The highest BCUT2D eigenvalue weighted by atomic mass is 19.1. The minimum atomic E-state index is -0.565. The van der Waals surface area contributed by atoms with Crippen molar-refractivity contribution >= 4 is 59.7 Å². The summed E-state index contributed by atoms with van der Waals surface area (Å²) < 4.78 is 45.8. The number of hydrogen-bond acceptors (Lipinski definition) is 15. The molecule has 9 rings (SSSR count). The summed E-state index contributed by atoms with van der Waals surface area (Å²) in [5.74, 6) is -0.627. The second-order valence-electron chi connectivity index (χ2n) is 21.2. The van der Waals surface area contributed by atoms with Crippen molar-refractivity contribution in [3.63, 3.8) is 0 Å². The molecule has 0 aromatic heterocycles. The number of anilines is 4. The Morgan fingerprint density at radius 1 is 0.545 bits per heavy atom. The topological polar surface area (TPSA) is 164 Å². The number of likely N-dealkylation sites (tertiary alicyclic amines) is 1. The second kappa shape index (κ2) is 27.9. The third kappa shape index (κ3) is 17.0. The van der Waals surface area contributed by atoms with Gasteiger partial charge in [0.15, 0.2) is 25.1 Å². The lowest BCUT2D eigenvalue weighted by atomic mass is 10.0. The van der Waals surface area contributed by atoms with Gasteiger partial charge < -0.3 is 39.0 Å². The predicted molar refractivity (Wildman–Crippen MR) is 294 cm³/mol. The zero-order chi connectivity index (χ0) is 55.8. The van der Waals surface area contributed by atoms with Crippen molar-refractivity contribution in [1.82, 2.24) is 19.6 Å². The average molecular weight is 1070 g/mol. The molecule has 4 aromatic rings. The predicted octanol–water partition coefficient (Wildman–Crippen LogP) is 8.19. The molecule has 1 amide bonds. The number of aldehydes is 4. The van der Waals surface area contributed by atoms with Crippen LogP contribution in [0.5, 0.6) is 0 Å². The number of ether oxygens (including phenoxy) is 1. The molecule has 0 unspecified atom stereocenters. The molecule has 17 nitrogen and oxygen atoms in total. The number of benzene rings is 4. The van der Waals surface area contributed by atoms with E-state index >= 15 is 0 Å². The SMILES string of the molecule is CC(C)(C)OC(=O)N1CCN(c2ccc(C=O)c([N+](=O)[O-])c2)CC1.CN1CCC(N2CCN(c3ccc(C=O)c(F)c3)CC2)CC1.CN1CCN(c2ccc(C=O)c(F)c2)CC1.C[C@@H]1CCN(c2ccc(C=O)c(F)c2)C1. The zero-order valence-corrected chi connectivity index (χ0v) is 45.3. The highest BCUT2D eigenvalue weighted by Crippen LogP contribution is 2.28. The van der Waals surface area contributed by atoms with Crippen molar-refractivity contribution in [2.24, 2.45) is 5.92 Å². The van der Waals surface area contributed by atoms with Crippen molar-refractivity contribution in [1.29, 1.82) is 0 Å². The highest BCUT2D eigenvalue weighted by Gasteiger charge is 2.29. The number of nitrogens with zero attached hydrogens (tertiary/aromatic N) is 9. The summed E-state index contributed by atoms with van der Waals surface area (Å²) in [6.45, 7) is 21.6. The number of likely N-dealkylation sites (N-methyl/N-ethyl adjacent to an activating group) is 1. The monoisotopic (exact) mass is 1070 g/mol. The lowest BCUT2D eigenvalue weighted by Crippen LogP contribution is -2.53. The number of piperazine rings is 3. The first kappa shape index (κ1) is 59.3. The van der Waals surface area contributed by atoms with Crippen molar-refractivity contribution in [2.45, 2.75) is 58.6 Å². The number of piperidine rings is 1. The molecule has 5 heterocycles. The van der Waals surface area contributed by atoms with Crippen molar-refractivity contribution in [2.75, 3.05) is 138 Å². The van der Waals surface area contributed by atoms with E-state index in [4.69, 9.17) is 4.74 Å². The Morgan fingerprint density at radius 2 is 0.935 bits per heavy atom. The van der Waals surface area contributed by atoms with Gasteiger partial charge in [0.1, 0.15) is 23.1 Å². The maximum absolute atomic E-state index is 13.7. The van der Waals surface area contributed by atoms with Gasteiger partial charge in [-0.25, -0.2) is 18.0 Å². The number of nitro groups is 1. The molecule has 20 heteroatoms. The minimum Gasteiger partial charge on any atom is -0.444 e. The Morgan fingerprint density at radius 3 is 1.32 bits per heavy atom. The Balaban J connectivity index is 0.000000169. The summed E-state index contributed by atoms with van der Waals surface area (Å²) in [6.07, 6.45) is 5.42. The molecular formula is C57H74F3N9O8. The van der Waals surface area contributed by atoms with Gasteiger partial charge in [0.05, 0.1) is 27.2 Å². The van der Waals surface area contributed by atoms with Crippen LogP contribution in [0.25, 0.3) is 0 Å². The molecule has 1 atom stereocenters. The van der Waals surface area contributed by atoms with Crippen LogP contribution in [-0.4, -0.2) is 186 Å². The summed E-state index contributed by atoms with van der Waals surface area (Å²) in [4.78, 5) is 82.3. The maximum Gasteiger partial charge on any atom is 0.410 e. The molecule has 0 N–H and O–H groups in total. The van der Waals surface area contributed by atoms with Crippen LogP contribution >= 0.6 is 0 Å². The molecule has 5 aliphatic heterocycles. The number of carbonyl (C=O) groups is 5. The quantitative estimate of drug-likeness (QED) is 0.0848. The molecule has 77 heavy (non-hydrogen) atoms. The summed E-state index contributed by atoms with van der Waals surface area (Å²) in [5.41, 5.74) is 2.96. The second-order valence-corrected chi connectivity index (χ2v) is 21.2. The number of halogens is 3.